The summed E-state index contributed by atoms with van der Waals surface area (Å²) in [6, 6.07) is 29.8. The average Bonchev–Trinajstić information content (AvgIpc) is 2.85. The first-order chi connectivity index (χ1) is 15.2. The summed E-state index contributed by atoms with van der Waals surface area (Å²) in [4.78, 5) is 6.33. The standard InChI is InChI=1S/C26H21N3O2/c1-30-25-13-9-23(10-14-25)29(24-11-15-26(31-2)16-12-24)22-7-4-19(5-8-22)20-3-6-21(17-27)28-18-20/h3-16,18H,1-2H3. The van der Waals surface area contributed by atoms with Crippen LogP contribution in [-0.2, 0) is 0 Å². The zero-order chi connectivity index (χ0) is 21.6. The third-order valence-electron chi connectivity index (χ3n) is 5.00. The Kier molecular flexibility index (Phi) is 5.82. The Hall–Kier alpha value is -4.30. The molecule has 1 heterocycles. The minimum Gasteiger partial charge on any atom is -0.497 e. The average molecular weight is 407 g/mol. The minimum atomic E-state index is 0.408. The molecule has 152 valence electrons. The zero-order valence-electron chi connectivity index (χ0n) is 17.3. The molecule has 5 heteroatoms. The molecule has 0 aliphatic carbocycles. The summed E-state index contributed by atoms with van der Waals surface area (Å²) >= 11 is 0. The normalized spacial score (nSPS) is 10.2. The SMILES string of the molecule is COc1ccc(N(c2ccc(OC)cc2)c2ccc(-c3ccc(C#N)nc3)cc2)cc1. The lowest BCUT2D eigenvalue weighted by Crippen LogP contribution is -2.09. The van der Waals surface area contributed by atoms with Crippen molar-refractivity contribution in [2.45, 2.75) is 0 Å². The number of rotatable bonds is 6. The lowest BCUT2D eigenvalue weighted by atomic mass is 10.1. The van der Waals surface area contributed by atoms with E-state index in [1.807, 2.05) is 60.7 Å². The van der Waals surface area contributed by atoms with E-state index in [4.69, 9.17) is 14.7 Å². The molecular formula is C26H21N3O2. The Morgan fingerprint density at radius 3 is 1.48 bits per heavy atom. The van der Waals surface area contributed by atoms with Crippen LogP contribution in [0, 0.1) is 11.3 Å². The molecule has 0 radical (unpaired) electrons. The smallest absolute Gasteiger partial charge is 0.140 e. The van der Waals surface area contributed by atoms with Crippen LogP contribution in [0.15, 0.2) is 91.1 Å². The lowest BCUT2D eigenvalue weighted by molar-refractivity contribution is 0.415. The molecule has 1 aromatic heterocycles. The van der Waals surface area contributed by atoms with Crippen LogP contribution in [0.25, 0.3) is 11.1 Å². The zero-order valence-corrected chi connectivity index (χ0v) is 17.3. The fourth-order valence-electron chi connectivity index (χ4n) is 3.34. The summed E-state index contributed by atoms with van der Waals surface area (Å²) in [5.74, 6) is 1.61. The second-order valence-corrected chi connectivity index (χ2v) is 6.82. The maximum Gasteiger partial charge on any atom is 0.140 e. The number of pyridine rings is 1. The fourth-order valence-corrected chi connectivity index (χ4v) is 3.34. The van der Waals surface area contributed by atoms with Crippen LogP contribution in [0.2, 0.25) is 0 Å². The number of hydrogen-bond acceptors (Lipinski definition) is 5. The molecule has 0 spiro atoms. The van der Waals surface area contributed by atoms with E-state index in [-0.39, 0.29) is 0 Å². The Labute approximate surface area is 181 Å². The van der Waals surface area contributed by atoms with Crippen LogP contribution >= 0.6 is 0 Å². The Morgan fingerprint density at radius 1 is 0.645 bits per heavy atom. The molecule has 0 saturated carbocycles. The number of aromatic nitrogens is 1. The predicted molar refractivity (Wildman–Crippen MR) is 122 cm³/mol. The summed E-state index contributed by atoms with van der Waals surface area (Å²) in [7, 11) is 3.32. The summed E-state index contributed by atoms with van der Waals surface area (Å²) in [6.07, 6.45) is 1.72. The van der Waals surface area contributed by atoms with Crippen molar-refractivity contribution in [1.82, 2.24) is 4.98 Å². The first-order valence-corrected chi connectivity index (χ1v) is 9.76. The van der Waals surface area contributed by atoms with Crippen molar-refractivity contribution >= 4 is 17.1 Å². The molecule has 4 rings (SSSR count). The molecule has 0 fully saturated rings. The van der Waals surface area contributed by atoms with Crippen LogP contribution in [0.5, 0.6) is 11.5 Å². The van der Waals surface area contributed by atoms with E-state index in [1.54, 1.807) is 26.5 Å². The second kappa shape index (κ2) is 9.02. The number of methoxy groups -OCH3 is 2. The van der Waals surface area contributed by atoms with Crippen molar-refractivity contribution in [3.8, 4) is 28.7 Å². The first-order valence-electron chi connectivity index (χ1n) is 9.76. The monoisotopic (exact) mass is 407 g/mol. The van der Waals surface area contributed by atoms with Gasteiger partial charge in [0.05, 0.1) is 14.2 Å². The molecule has 0 bridgehead atoms. The van der Waals surface area contributed by atoms with Gasteiger partial charge in [0.1, 0.15) is 23.3 Å². The highest BCUT2D eigenvalue weighted by atomic mass is 16.5. The summed E-state index contributed by atoms with van der Waals surface area (Å²) in [6.45, 7) is 0. The highest BCUT2D eigenvalue weighted by Gasteiger charge is 2.13. The molecule has 0 saturated heterocycles. The van der Waals surface area contributed by atoms with Gasteiger partial charge in [-0.15, -0.1) is 0 Å². The van der Waals surface area contributed by atoms with Crippen molar-refractivity contribution in [2.75, 3.05) is 19.1 Å². The molecule has 4 aromatic rings. The van der Waals surface area contributed by atoms with Gasteiger partial charge < -0.3 is 14.4 Å². The molecule has 0 atom stereocenters. The van der Waals surface area contributed by atoms with Gasteiger partial charge in [-0.2, -0.15) is 5.26 Å². The molecule has 5 nitrogen and oxygen atoms in total. The third-order valence-corrected chi connectivity index (χ3v) is 5.00. The lowest BCUT2D eigenvalue weighted by Gasteiger charge is -2.26. The van der Waals surface area contributed by atoms with Crippen LogP contribution in [0.4, 0.5) is 17.1 Å². The van der Waals surface area contributed by atoms with Gasteiger partial charge in [0.2, 0.25) is 0 Å². The largest absolute Gasteiger partial charge is 0.497 e. The molecule has 0 aliphatic rings. The Morgan fingerprint density at radius 2 is 1.10 bits per heavy atom. The maximum atomic E-state index is 8.95. The van der Waals surface area contributed by atoms with E-state index in [0.29, 0.717) is 5.69 Å². The highest BCUT2D eigenvalue weighted by Crippen LogP contribution is 2.36. The van der Waals surface area contributed by atoms with Gasteiger partial charge in [-0.05, 0) is 78.4 Å². The molecule has 3 aromatic carbocycles. The molecule has 0 amide bonds. The number of ether oxygens (including phenoxy) is 2. The fraction of sp³-hybridized carbons (Fsp3) is 0.0769. The summed E-state index contributed by atoms with van der Waals surface area (Å²) in [5, 5.41) is 8.95. The van der Waals surface area contributed by atoms with E-state index in [0.717, 1.165) is 39.7 Å². The Bertz CT molecular complexity index is 1130. The van der Waals surface area contributed by atoms with Crippen molar-refractivity contribution in [2.24, 2.45) is 0 Å². The predicted octanol–water partition coefficient (Wildman–Crippen LogP) is 6.11. The van der Waals surface area contributed by atoms with E-state index in [1.165, 1.54) is 0 Å². The molecule has 0 unspecified atom stereocenters. The first kappa shape index (κ1) is 20.0. The van der Waals surface area contributed by atoms with Gasteiger partial charge in [-0.25, -0.2) is 4.98 Å². The number of benzene rings is 3. The van der Waals surface area contributed by atoms with Crippen molar-refractivity contribution in [3.05, 3.63) is 96.8 Å². The number of hydrogen-bond donors (Lipinski definition) is 0. The van der Waals surface area contributed by atoms with Crippen LogP contribution in [0.3, 0.4) is 0 Å². The Balaban J connectivity index is 1.72. The molecule has 0 aliphatic heterocycles. The van der Waals surface area contributed by atoms with E-state index in [2.05, 4.69) is 34.1 Å². The number of nitrogens with zero attached hydrogens (tertiary/aromatic N) is 3. The third kappa shape index (κ3) is 4.34. The van der Waals surface area contributed by atoms with E-state index < -0.39 is 0 Å². The number of nitriles is 1. The van der Waals surface area contributed by atoms with E-state index >= 15 is 0 Å². The van der Waals surface area contributed by atoms with Gasteiger partial charge in [0.25, 0.3) is 0 Å². The number of anilines is 3. The summed E-state index contributed by atoms with van der Waals surface area (Å²) in [5.41, 5.74) is 5.44. The van der Waals surface area contributed by atoms with Crippen LogP contribution in [0.1, 0.15) is 5.69 Å². The van der Waals surface area contributed by atoms with Gasteiger partial charge in [0.15, 0.2) is 0 Å². The van der Waals surface area contributed by atoms with Crippen LogP contribution < -0.4 is 14.4 Å². The van der Waals surface area contributed by atoms with Crippen molar-refractivity contribution in [1.29, 1.82) is 5.26 Å². The van der Waals surface area contributed by atoms with Gasteiger partial charge in [-0.3, -0.25) is 0 Å². The minimum absolute atomic E-state index is 0.408. The molecule has 31 heavy (non-hydrogen) atoms. The molecular weight excluding hydrogens is 386 g/mol. The van der Waals surface area contributed by atoms with E-state index in [9.17, 15) is 0 Å². The van der Waals surface area contributed by atoms with Crippen molar-refractivity contribution in [3.63, 3.8) is 0 Å². The molecule has 0 N–H and O–H groups in total. The van der Waals surface area contributed by atoms with Crippen molar-refractivity contribution < 1.29 is 9.47 Å². The maximum absolute atomic E-state index is 8.95. The van der Waals surface area contributed by atoms with Gasteiger partial charge >= 0.3 is 0 Å². The van der Waals surface area contributed by atoms with Gasteiger partial charge in [-0.1, -0.05) is 12.1 Å². The van der Waals surface area contributed by atoms with Crippen LogP contribution in [-0.4, -0.2) is 19.2 Å². The second-order valence-electron chi connectivity index (χ2n) is 6.82. The topological polar surface area (TPSA) is 58.4 Å². The quantitative estimate of drug-likeness (QED) is 0.386. The van der Waals surface area contributed by atoms with Gasteiger partial charge in [0, 0.05) is 28.8 Å². The summed E-state index contributed by atoms with van der Waals surface area (Å²) < 4.78 is 10.6. The highest BCUT2D eigenvalue weighted by molar-refractivity contribution is 5.78.